The van der Waals surface area contributed by atoms with Crippen LogP contribution in [0.15, 0.2) is 42.6 Å². The van der Waals surface area contributed by atoms with Crippen molar-refractivity contribution in [1.82, 2.24) is 19.4 Å². The number of alkyl halides is 3. The second-order valence-electron chi connectivity index (χ2n) is 7.35. The minimum atomic E-state index is -4.39. The van der Waals surface area contributed by atoms with Gasteiger partial charge in [0.2, 0.25) is 5.91 Å². The van der Waals surface area contributed by atoms with Gasteiger partial charge in [0, 0.05) is 52.3 Å². The fourth-order valence-electron chi connectivity index (χ4n) is 3.72. The van der Waals surface area contributed by atoms with Crippen LogP contribution in [0.25, 0.3) is 11.0 Å². The standard InChI is InChI=1S/C21H22F3N5O/c1-27-17-5-3-2-4-16(17)26-19(27)8-9-20(30)29-12-10-28(11-13-29)18-7-6-15(14-25-18)21(22,23)24/h2-7,14H,8-13H2,1H3. The molecule has 6 nitrogen and oxygen atoms in total. The zero-order valence-corrected chi connectivity index (χ0v) is 16.6. The number of nitrogens with zero attached hydrogens (tertiary/aromatic N) is 5. The lowest BCUT2D eigenvalue weighted by molar-refractivity contribution is -0.137. The molecule has 158 valence electrons. The summed E-state index contributed by atoms with van der Waals surface area (Å²) in [6.45, 7) is 2.11. The number of carbonyl (C=O) groups is 1. The lowest BCUT2D eigenvalue weighted by Crippen LogP contribution is -2.49. The Morgan fingerprint density at radius 3 is 2.43 bits per heavy atom. The summed E-state index contributed by atoms with van der Waals surface area (Å²) in [5.41, 5.74) is 1.19. The van der Waals surface area contributed by atoms with Gasteiger partial charge >= 0.3 is 6.18 Å². The molecule has 0 aliphatic carbocycles. The summed E-state index contributed by atoms with van der Waals surface area (Å²) in [6.07, 6.45) is -2.61. The molecule has 0 spiro atoms. The van der Waals surface area contributed by atoms with Crippen LogP contribution in [0, 0.1) is 0 Å². The van der Waals surface area contributed by atoms with E-state index < -0.39 is 11.7 Å². The maximum Gasteiger partial charge on any atom is 0.417 e. The molecular formula is C21H22F3N5O. The van der Waals surface area contributed by atoms with Gasteiger partial charge in [-0.3, -0.25) is 4.79 Å². The number of aryl methyl sites for hydroxylation is 2. The monoisotopic (exact) mass is 417 g/mol. The normalized spacial score (nSPS) is 15.1. The second-order valence-corrected chi connectivity index (χ2v) is 7.35. The number of rotatable bonds is 4. The zero-order chi connectivity index (χ0) is 21.3. The summed E-state index contributed by atoms with van der Waals surface area (Å²) >= 11 is 0. The molecule has 1 amide bonds. The number of hydrogen-bond acceptors (Lipinski definition) is 4. The first kappa shape index (κ1) is 20.2. The van der Waals surface area contributed by atoms with Crippen LogP contribution < -0.4 is 4.90 Å². The van der Waals surface area contributed by atoms with Crippen molar-refractivity contribution in [3.05, 3.63) is 54.0 Å². The van der Waals surface area contributed by atoms with E-state index in [1.54, 1.807) is 4.90 Å². The number of halogens is 3. The van der Waals surface area contributed by atoms with E-state index in [-0.39, 0.29) is 5.91 Å². The summed E-state index contributed by atoms with van der Waals surface area (Å²) < 4.78 is 40.0. The van der Waals surface area contributed by atoms with Gasteiger partial charge in [-0.15, -0.1) is 0 Å². The predicted molar refractivity (Wildman–Crippen MR) is 107 cm³/mol. The molecule has 1 aliphatic heterocycles. The molecule has 3 heterocycles. The lowest BCUT2D eigenvalue weighted by atomic mass is 10.2. The smallest absolute Gasteiger partial charge is 0.353 e. The van der Waals surface area contributed by atoms with Crippen LogP contribution in [-0.4, -0.2) is 51.5 Å². The lowest BCUT2D eigenvalue weighted by Gasteiger charge is -2.35. The Bertz CT molecular complexity index is 1040. The minimum Gasteiger partial charge on any atom is -0.353 e. The molecule has 0 radical (unpaired) electrons. The van der Waals surface area contributed by atoms with E-state index in [9.17, 15) is 18.0 Å². The molecular weight excluding hydrogens is 395 g/mol. The summed E-state index contributed by atoms with van der Waals surface area (Å²) in [5, 5.41) is 0. The number of amides is 1. The molecule has 1 saturated heterocycles. The van der Waals surface area contributed by atoms with Gasteiger partial charge in [-0.25, -0.2) is 9.97 Å². The van der Waals surface area contributed by atoms with Crippen LogP contribution in [0.3, 0.4) is 0 Å². The first-order chi connectivity index (χ1) is 14.3. The first-order valence-electron chi connectivity index (χ1n) is 9.79. The van der Waals surface area contributed by atoms with Crippen LogP contribution in [0.4, 0.5) is 19.0 Å². The van der Waals surface area contributed by atoms with Crippen molar-refractivity contribution in [2.75, 3.05) is 31.1 Å². The van der Waals surface area contributed by atoms with E-state index >= 15 is 0 Å². The Labute approximate surface area is 171 Å². The minimum absolute atomic E-state index is 0.0575. The number of fused-ring (bicyclic) bond motifs is 1. The quantitative estimate of drug-likeness (QED) is 0.654. The highest BCUT2D eigenvalue weighted by atomic mass is 19.4. The number of anilines is 1. The van der Waals surface area contributed by atoms with Gasteiger partial charge in [-0.2, -0.15) is 13.2 Å². The molecule has 9 heteroatoms. The molecule has 1 fully saturated rings. The Kier molecular flexibility index (Phi) is 5.36. The number of carbonyl (C=O) groups excluding carboxylic acids is 1. The fraction of sp³-hybridized carbons (Fsp3) is 0.381. The summed E-state index contributed by atoms with van der Waals surface area (Å²) in [7, 11) is 1.95. The molecule has 3 aromatic rings. The zero-order valence-electron chi connectivity index (χ0n) is 16.6. The molecule has 2 aromatic heterocycles. The first-order valence-corrected chi connectivity index (χ1v) is 9.79. The summed E-state index contributed by atoms with van der Waals surface area (Å²) in [6, 6.07) is 10.3. The molecule has 0 atom stereocenters. The molecule has 0 N–H and O–H groups in total. The highest BCUT2D eigenvalue weighted by Crippen LogP contribution is 2.29. The highest BCUT2D eigenvalue weighted by molar-refractivity contribution is 5.78. The van der Waals surface area contributed by atoms with Crippen LogP contribution in [0.1, 0.15) is 17.8 Å². The topological polar surface area (TPSA) is 54.3 Å². The van der Waals surface area contributed by atoms with Crippen LogP contribution in [0.2, 0.25) is 0 Å². The number of aromatic nitrogens is 3. The Hall–Kier alpha value is -3.10. The largest absolute Gasteiger partial charge is 0.417 e. The Morgan fingerprint density at radius 1 is 1.07 bits per heavy atom. The molecule has 1 aromatic carbocycles. The van der Waals surface area contributed by atoms with Gasteiger partial charge in [0.1, 0.15) is 11.6 Å². The number of piperazine rings is 1. The molecule has 4 rings (SSSR count). The third kappa shape index (κ3) is 4.10. The SMILES string of the molecule is Cn1c(CCC(=O)N2CCN(c3ccc(C(F)(F)F)cn3)CC2)nc2ccccc21. The third-order valence-corrected chi connectivity index (χ3v) is 5.47. The summed E-state index contributed by atoms with van der Waals surface area (Å²) in [4.78, 5) is 24.9. The number of imidazole rings is 1. The van der Waals surface area contributed by atoms with Crippen molar-refractivity contribution in [2.24, 2.45) is 7.05 Å². The summed E-state index contributed by atoms with van der Waals surface area (Å²) in [5.74, 6) is 1.43. The number of hydrogen-bond donors (Lipinski definition) is 0. The van der Waals surface area contributed by atoms with E-state index in [4.69, 9.17) is 0 Å². The van der Waals surface area contributed by atoms with E-state index in [0.717, 1.165) is 29.1 Å². The number of pyridine rings is 1. The van der Waals surface area contributed by atoms with Gasteiger partial charge in [0.25, 0.3) is 0 Å². The average Bonchev–Trinajstić information content (AvgIpc) is 3.07. The maximum atomic E-state index is 12.7. The van der Waals surface area contributed by atoms with E-state index in [0.29, 0.717) is 44.8 Å². The van der Waals surface area contributed by atoms with Gasteiger partial charge < -0.3 is 14.4 Å². The average molecular weight is 417 g/mol. The number of benzene rings is 1. The third-order valence-electron chi connectivity index (χ3n) is 5.47. The van der Waals surface area contributed by atoms with Crippen molar-refractivity contribution < 1.29 is 18.0 Å². The second kappa shape index (κ2) is 7.97. The van der Waals surface area contributed by atoms with Crippen LogP contribution >= 0.6 is 0 Å². The van der Waals surface area contributed by atoms with E-state index in [2.05, 4.69) is 9.97 Å². The van der Waals surface area contributed by atoms with Crippen molar-refractivity contribution >= 4 is 22.8 Å². The van der Waals surface area contributed by atoms with Gasteiger partial charge in [0.15, 0.2) is 0 Å². The maximum absolute atomic E-state index is 12.7. The Balaban J connectivity index is 1.31. The fourth-order valence-corrected chi connectivity index (χ4v) is 3.72. The van der Waals surface area contributed by atoms with Crippen molar-refractivity contribution in [3.8, 4) is 0 Å². The molecule has 0 saturated carbocycles. The van der Waals surface area contributed by atoms with Gasteiger partial charge in [0.05, 0.1) is 16.6 Å². The number of para-hydroxylation sites is 2. The highest BCUT2D eigenvalue weighted by Gasteiger charge is 2.31. The van der Waals surface area contributed by atoms with Crippen LogP contribution in [-0.2, 0) is 24.4 Å². The molecule has 30 heavy (non-hydrogen) atoms. The van der Waals surface area contributed by atoms with Gasteiger partial charge in [-0.05, 0) is 24.3 Å². The predicted octanol–water partition coefficient (Wildman–Crippen LogP) is 3.27. The van der Waals surface area contributed by atoms with Crippen molar-refractivity contribution in [3.63, 3.8) is 0 Å². The Morgan fingerprint density at radius 2 is 1.80 bits per heavy atom. The van der Waals surface area contributed by atoms with Crippen molar-refractivity contribution in [1.29, 1.82) is 0 Å². The van der Waals surface area contributed by atoms with Crippen LogP contribution in [0.5, 0.6) is 0 Å². The molecule has 0 unspecified atom stereocenters. The van der Waals surface area contributed by atoms with Gasteiger partial charge in [-0.1, -0.05) is 12.1 Å². The van der Waals surface area contributed by atoms with E-state index in [1.165, 1.54) is 6.07 Å². The molecule has 0 bridgehead atoms. The van der Waals surface area contributed by atoms with E-state index in [1.807, 2.05) is 40.8 Å². The molecule has 1 aliphatic rings. The van der Waals surface area contributed by atoms with Crippen molar-refractivity contribution in [2.45, 2.75) is 19.0 Å².